The lowest BCUT2D eigenvalue weighted by Crippen LogP contribution is -2.16. The lowest BCUT2D eigenvalue weighted by atomic mass is 10.2. The van der Waals surface area contributed by atoms with Gasteiger partial charge in [0.2, 0.25) is 0 Å². The third kappa shape index (κ3) is 1.98. The number of aryl methyl sites for hydroxylation is 1. The summed E-state index contributed by atoms with van der Waals surface area (Å²) in [5, 5.41) is -0.164. The lowest BCUT2D eigenvalue weighted by molar-refractivity contribution is 0.0993. The highest BCUT2D eigenvalue weighted by Gasteiger charge is 2.18. The fraction of sp³-hybridized carbons (Fsp3) is 0.250. The van der Waals surface area contributed by atoms with Crippen LogP contribution < -0.4 is 5.73 Å². The number of halogens is 3. The Bertz CT molecular complexity index is 382. The fourth-order valence-electron chi connectivity index (χ4n) is 0.997. The number of amides is 1. The van der Waals surface area contributed by atoms with E-state index in [1.165, 1.54) is 13.0 Å². The van der Waals surface area contributed by atoms with Crippen LogP contribution in [-0.2, 0) is 0 Å². The van der Waals surface area contributed by atoms with Crippen LogP contribution in [0.2, 0.25) is 5.02 Å². The molecule has 0 spiro atoms. The summed E-state index contributed by atoms with van der Waals surface area (Å²) in [5.74, 6) is -0.846. The van der Waals surface area contributed by atoms with Gasteiger partial charge in [0, 0.05) is 0 Å². The largest absolute Gasteiger partial charge is 0.364 e. The monoisotopic (exact) mass is 220 g/mol. The van der Waals surface area contributed by atoms with Crippen molar-refractivity contribution in [1.82, 2.24) is 4.98 Å². The first-order valence-corrected chi connectivity index (χ1v) is 4.06. The summed E-state index contributed by atoms with van der Waals surface area (Å²) in [7, 11) is 0. The molecule has 0 aliphatic heterocycles. The molecular formula is C8H7ClF2N2O. The highest BCUT2D eigenvalue weighted by molar-refractivity contribution is 6.31. The molecule has 1 rings (SSSR count). The summed E-state index contributed by atoms with van der Waals surface area (Å²) in [6.07, 6.45) is -2.82. The van der Waals surface area contributed by atoms with E-state index in [1.54, 1.807) is 0 Å². The molecule has 1 heterocycles. The van der Waals surface area contributed by atoms with Crippen LogP contribution >= 0.6 is 11.6 Å². The molecule has 0 aromatic carbocycles. The Balaban J connectivity index is 3.34. The zero-order valence-electron chi connectivity index (χ0n) is 7.22. The van der Waals surface area contributed by atoms with Gasteiger partial charge < -0.3 is 5.73 Å². The number of primary amides is 1. The van der Waals surface area contributed by atoms with Gasteiger partial charge in [-0.15, -0.1) is 0 Å². The molecule has 1 aromatic rings. The molecule has 14 heavy (non-hydrogen) atoms. The van der Waals surface area contributed by atoms with E-state index in [2.05, 4.69) is 4.98 Å². The Kier molecular flexibility index (Phi) is 3.00. The normalized spacial score (nSPS) is 10.6. The third-order valence-electron chi connectivity index (χ3n) is 1.63. The molecule has 1 amide bonds. The van der Waals surface area contributed by atoms with Crippen molar-refractivity contribution in [2.75, 3.05) is 0 Å². The molecule has 2 N–H and O–H groups in total. The van der Waals surface area contributed by atoms with Crippen LogP contribution in [-0.4, -0.2) is 10.9 Å². The smallest absolute Gasteiger partial charge is 0.281 e. The number of pyridine rings is 1. The van der Waals surface area contributed by atoms with Crippen LogP contribution in [0.5, 0.6) is 0 Å². The van der Waals surface area contributed by atoms with E-state index in [4.69, 9.17) is 17.3 Å². The number of hydrogen-bond acceptors (Lipinski definition) is 2. The molecule has 1 aromatic heterocycles. The zero-order chi connectivity index (χ0) is 10.9. The van der Waals surface area contributed by atoms with E-state index in [-0.39, 0.29) is 10.7 Å². The van der Waals surface area contributed by atoms with Gasteiger partial charge in [-0.25, -0.2) is 13.8 Å². The minimum Gasteiger partial charge on any atom is -0.364 e. The minimum atomic E-state index is -2.82. The number of rotatable bonds is 2. The summed E-state index contributed by atoms with van der Waals surface area (Å²) in [6, 6.07) is 1.25. The predicted molar refractivity (Wildman–Crippen MR) is 47.5 cm³/mol. The maximum Gasteiger partial charge on any atom is 0.281 e. The third-order valence-corrected chi connectivity index (χ3v) is 1.94. The Hall–Kier alpha value is -1.23. The number of nitrogens with zero attached hydrogens (tertiary/aromatic N) is 1. The van der Waals surface area contributed by atoms with E-state index >= 15 is 0 Å². The van der Waals surface area contributed by atoms with Gasteiger partial charge in [-0.3, -0.25) is 4.79 Å². The molecule has 0 aliphatic carbocycles. The van der Waals surface area contributed by atoms with Crippen molar-refractivity contribution < 1.29 is 13.6 Å². The average Bonchev–Trinajstić information content (AvgIpc) is 2.02. The van der Waals surface area contributed by atoms with Crippen molar-refractivity contribution in [2.45, 2.75) is 13.3 Å². The number of alkyl halides is 2. The van der Waals surface area contributed by atoms with Crippen LogP contribution in [0, 0.1) is 6.92 Å². The van der Waals surface area contributed by atoms with E-state index in [0.29, 0.717) is 5.56 Å². The van der Waals surface area contributed by atoms with Crippen LogP contribution in [0.25, 0.3) is 0 Å². The Morgan fingerprint density at radius 1 is 1.64 bits per heavy atom. The van der Waals surface area contributed by atoms with Crippen molar-refractivity contribution in [3.63, 3.8) is 0 Å². The van der Waals surface area contributed by atoms with Gasteiger partial charge >= 0.3 is 0 Å². The van der Waals surface area contributed by atoms with E-state index < -0.39 is 18.0 Å². The maximum atomic E-state index is 12.3. The molecule has 0 saturated heterocycles. The number of nitrogens with two attached hydrogens (primary N) is 1. The van der Waals surface area contributed by atoms with Gasteiger partial charge in [-0.2, -0.15) is 0 Å². The van der Waals surface area contributed by atoms with E-state index in [1.807, 2.05) is 0 Å². The SMILES string of the molecule is Cc1cc(Cl)c(C(F)F)nc1C(N)=O. The molecule has 6 heteroatoms. The van der Waals surface area contributed by atoms with Gasteiger partial charge in [-0.05, 0) is 18.6 Å². The standard InChI is InChI=1S/C8H7ClF2N2O/c1-3-2-4(9)6(7(10)11)13-5(3)8(12)14/h2,7H,1H3,(H2,12,14). The van der Waals surface area contributed by atoms with Crippen molar-refractivity contribution in [3.05, 3.63) is 28.0 Å². The molecule has 0 fully saturated rings. The van der Waals surface area contributed by atoms with Crippen molar-refractivity contribution >= 4 is 17.5 Å². The molecule has 0 bridgehead atoms. The average molecular weight is 221 g/mol. The predicted octanol–water partition coefficient (Wildman–Crippen LogP) is 2.08. The summed E-state index contributed by atoms with van der Waals surface area (Å²) >= 11 is 5.51. The molecule has 0 saturated carbocycles. The van der Waals surface area contributed by atoms with Crippen LogP contribution in [0.1, 0.15) is 28.2 Å². The van der Waals surface area contributed by atoms with Gasteiger partial charge in [0.05, 0.1) is 5.02 Å². The quantitative estimate of drug-likeness (QED) is 0.830. The molecule has 0 unspecified atom stereocenters. The van der Waals surface area contributed by atoms with Crippen molar-refractivity contribution in [3.8, 4) is 0 Å². The maximum absolute atomic E-state index is 12.3. The Labute approximate surface area is 83.9 Å². The van der Waals surface area contributed by atoms with Gasteiger partial charge in [0.1, 0.15) is 11.4 Å². The number of aromatic nitrogens is 1. The van der Waals surface area contributed by atoms with E-state index in [0.717, 1.165) is 0 Å². The molecular weight excluding hydrogens is 214 g/mol. The first kappa shape index (κ1) is 10.8. The van der Waals surface area contributed by atoms with Crippen molar-refractivity contribution in [2.24, 2.45) is 5.73 Å². The van der Waals surface area contributed by atoms with Gasteiger partial charge in [0.15, 0.2) is 0 Å². The summed E-state index contributed by atoms with van der Waals surface area (Å²) in [6.45, 7) is 1.52. The summed E-state index contributed by atoms with van der Waals surface area (Å²) in [5.41, 5.74) is 4.53. The van der Waals surface area contributed by atoms with Crippen LogP contribution in [0.3, 0.4) is 0 Å². The van der Waals surface area contributed by atoms with Gasteiger partial charge in [0.25, 0.3) is 12.3 Å². The zero-order valence-corrected chi connectivity index (χ0v) is 7.98. The first-order valence-electron chi connectivity index (χ1n) is 3.68. The number of hydrogen-bond donors (Lipinski definition) is 1. The van der Waals surface area contributed by atoms with Crippen molar-refractivity contribution in [1.29, 1.82) is 0 Å². The molecule has 76 valence electrons. The minimum absolute atomic E-state index is 0.164. The summed E-state index contributed by atoms with van der Waals surface area (Å²) < 4.78 is 24.6. The Morgan fingerprint density at radius 2 is 2.21 bits per heavy atom. The van der Waals surface area contributed by atoms with E-state index in [9.17, 15) is 13.6 Å². The Morgan fingerprint density at radius 3 is 2.64 bits per heavy atom. The second-order valence-corrected chi connectivity index (χ2v) is 3.09. The fourth-order valence-corrected chi connectivity index (χ4v) is 1.29. The lowest BCUT2D eigenvalue weighted by Gasteiger charge is -2.06. The summed E-state index contributed by atoms with van der Waals surface area (Å²) in [4.78, 5) is 14.2. The van der Waals surface area contributed by atoms with Crippen LogP contribution in [0.4, 0.5) is 8.78 Å². The number of carbonyl (C=O) groups excluding carboxylic acids is 1. The molecule has 3 nitrogen and oxygen atoms in total. The second kappa shape index (κ2) is 3.88. The number of carbonyl (C=O) groups is 1. The molecule has 0 aliphatic rings. The second-order valence-electron chi connectivity index (χ2n) is 2.69. The molecule has 0 radical (unpaired) electrons. The highest BCUT2D eigenvalue weighted by atomic mass is 35.5. The highest BCUT2D eigenvalue weighted by Crippen LogP contribution is 2.26. The van der Waals surface area contributed by atoms with Gasteiger partial charge in [-0.1, -0.05) is 11.6 Å². The first-order chi connectivity index (χ1) is 6.43. The van der Waals surface area contributed by atoms with Crippen LogP contribution in [0.15, 0.2) is 6.07 Å². The molecule has 0 atom stereocenters. The topological polar surface area (TPSA) is 56.0 Å².